The summed E-state index contributed by atoms with van der Waals surface area (Å²) >= 11 is 0. The molecule has 0 saturated carbocycles. The molecule has 1 atom stereocenters. The molecular weight excluding hydrogens is 392 g/mol. The van der Waals surface area contributed by atoms with Crippen molar-refractivity contribution in [3.63, 3.8) is 0 Å². The molecule has 168 valence electrons. The van der Waals surface area contributed by atoms with Gasteiger partial charge in [-0.15, -0.1) is 0 Å². The molecule has 0 radical (unpaired) electrons. The van der Waals surface area contributed by atoms with Crippen molar-refractivity contribution in [3.05, 3.63) is 75.4 Å². The van der Waals surface area contributed by atoms with E-state index >= 15 is 0 Å². The molecule has 0 aliphatic rings. The van der Waals surface area contributed by atoms with Crippen molar-refractivity contribution in [1.82, 2.24) is 0 Å². The van der Waals surface area contributed by atoms with Gasteiger partial charge in [0.2, 0.25) is 0 Å². The Morgan fingerprint density at radius 1 is 0.968 bits per heavy atom. The van der Waals surface area contributed by atoms with Crippen molar-refractivity contribution in [2.24, 2.45) is 0 Å². The summed E-state index contributed by atoms with van der Waals surface area (Å²) in [4.78, 5) is 23.4. The lowest BCUT2D eigenvalue weighted by Gasteiger charge is -2.15. The molecule has 0 bridgehead atoms. The maximum atomic E-state index is 11.7. The van der Waals surface area contributed by atoms with E-state index < -0.39 is 12.1 Å². The first kappa shape index (κ1) is 26.3. The van der Waals surface area contributed by atoms with Gasteiger partial charge >= 0.3 is 5.97 Å². The molecule has 5 nitrogen and oxygen atoms in total. The van der Waals surface area contributed by atoms with Crippen LogP contribution in [-0.4, -0.2) is 41.3 Å². The molecule has 0 aliphatic carbocycles. The quantitative estimate of drug-likeness (QED) is 0.497. The van der Waals surface area contributed by atoms with E-state index in [2.05, 4.69) is 41.2 Å². The normalized spacial score (nSPS) is 11.2. The van der Waals surface area contributed by atoms with Gasteiger partial charge in [0.05, 0.1) is 18.3 Å². The van der Waals surface area contributed by atoms with Crippen LogP contribution in [0.1, 0.15) is 67.4 Å². The minimum atomic E-state index is -0.755. The minimum Gasteiger partial charge on any atom is -0.459 e. The van der Waals surface area contributed by atoms with E-state index in [-0.39, 0.29) is 36.5 Å². The summed E-state index contributed by atoms with van der Waals surface area (Å²) < 4.78 is 4.85. The van der Waals surface area contributed by atoms with Gasteiger partial charge in [-0.05, 0) is 81.0 Å². The Hall–Kier alpha value is -2.76. The highest BCUT2D eigenvalue weighted by Crippen LogP contribution is 2.26. The van der Waals surface area contributed by atoms with Gasteiger partial charge in [-0.1, -0.05) is 30.9 Å². The zero-order valence-electron chi connectivity index (χ0n) is 19.4. The number of hydrogen-bond acceptors (Lipinski definition) is 5. The van der Waals surface area contributed by atoms with E-state index in [1.807, 2.05) is 6.08 Å². The number of esters is 1. The molecular formula is C26H34O5. The second-order valence-electron chi connectivity index (χ2n) is 7.63. The molecule has 0 saturated heterocycles. The topological polar surface area (TPSA) is 83.8 Å². The molecule has 0 spiro atoms. The number of carbonyl (C=O) groups excluding carboxylic acids is 2. The fourth-order valence-corrected chi connectivity index (χ4v) is 3.25. The van der Waals surface area contributed by atoms with Gasteiger partial charge in [0.15, 0.2) is 5.78 Å². The second-order valence-corrected chi connectivity index (χ2v) is 7.63. The first-order valence-electron chi connectivity index (χ1n) is 10.3. The zero-order valence-corrected chi connectivity index (χ0v) is 19.4. The molecule has 31 heavy (non-hydrogen) atoms. The maximum absolute atomic E-state index is 11.7. The Labute approximate surface area is 185 Å². The highest BCUT2D eigenvalue weighted by atomic mass is 16.5. The van der Waals surface area contributed by atoms with Crippen LogP contribution < -0.4 is 0 Å². The van der Waals surface area contributed by atoms with Gasteiger partial charge in [0.1, 0.15) is 6.61 Å². The van der Waals surface area contributed by atoms with Crippen LogP contribution in [0.4, 0.5) is 0 Å². The van der Waals surface area contributed by atoms with E-state index in [4.69, 9.17) is 14.9 Å². The van der Waals surface area contributed by atoms with E-state index in [1.165, 1.54) is 52.4 Å². The van der Waals surface area contributed by atoms with Crippen molar-refractivity contribution < 1.29 is 24.5 Å². The minimum absolute atomic E-state index is 0.0410. The van der Waals surface area contributed by atoms with Gasteiger partial charge in [-0.25, -0.2) is 4.79 Å². The highest BCUT2D eigenvalue weighted by Gasteiger charge is 2.17. The van der Waals surface area contributed by atoms with Gasteiger partial charge in [0, 0.05) is 12.0 Å². The number of aliphatic hydroxyl groups excluding tert-OH is 2. The summed E-state index contributed by atoms with van der Waals surface area (Å²) in [5.74, 6) is -0.972. The van der Waals surface area contributed by atoms with E-state index in [9.17, 15) is 9.59 Å². The van der Waals surface area contributed by atoms with Crippen LogP contribution in [0, 0.1) is 34.6 Å². The van der Waals surface area contributed by atoms with Crippen molar-refractivity contribution in [2.75, 3.05) is 13.2 Å². The van der Waals surface area contributed by atoms with Crippen LogP contribution >= 0.6 is 0 Å². The number of rotatable bonds is 7. The Bertz CT molecular complexity index is 912. The van der Waals surface area contributed by atoms with Gasteiger partial charge in [-0.3, -0.25) is 4.79 Å². The smallest absolute Gasteiger partial charge is 0.338 e. The Kier molecular flexibility index (Phi) is 10.3. The first-order valence-corrected chi connectivity index (χ1v) is 10.3. The zero-order chi connectivity index (χ0) is 23.7. The molecule has 1 unspecified atom stereocenters. The number of benzene rings is 2. The van der Waals surface area contributed by atoms with Crippen molar-refractivity contribution >= 4 is 17.8 Å². The predicted molar refractivity (Wildman–Crippen MR) is 125 cm³/mol. The number of Topliss-reactive ketones (excluding diaryl/α,β-unsaturated/α-hetero) is 1. The van der Waals surface area contributed by atoms with Crippen LogP contribution in [0.2, 0.25) is 0 Å². The van der Waals surface area contributed by atoms with Gasteiger partial charge in [-0.2, -0.15) is 0 Å². The van der Waals surface area contributed by atoms with Crippen molar-refractivity contribution in [1.29, 1.82) is 0 Å². The van der Waals surface area contributed by atoms with Crippen LogP contribution in [0.25, 0.3) is 6.08 Å². The van der Waals surface area contributed by atoms with Crippen molar-refractivity contribution in [3.8, 4) is 0 Å². The average Bonchev–Trinajstić information content (AvgIpc) is 2.75. The molecule has 2 N–H and O–H groups in total. The van der Waals surface area contributed by atoms with E-state index in [0.29, 0.717) is 0 Å². The number of ketones is 1. The van der Waals surface area contributed by atoms with E-state index in [1.54, 1.807) is 12.1 Å². The third-order valence-electron chi connectivity index (χ3n) is 5.50. The number of hydrogen-bond donors (Lipinski definition) is 2. The third-order valence-corrected chi connectivity index (χ3v) is 5.50. The third kappa shape index (κ3) is 6.88. The number of aliphatic hydroxyl groups is 2. The lowest BCUT2D eigenvalue weighted by Crippen LogP contribution is -2.18. The van der Waals surface area contributed by atoms with Crippen LogP contribution in [-0.2, 0) is 4.74 Å². The summed E-state index contributed by atoms with van der Waals surface area (Å²) in [6.45, 7) is 15.9. The summed E-state index contributed by atoms with van der Waals surface area (Å²) in [5.41, 5.74) is 8.64. The molecule has 0 amide bonds. The van der Waals surface area contributed by atoms with Gasteiger partial charge in [0.25, 0.3) is 0 Å². The Balaban J connectivity index is 0.000000327. The predicted octanol–water partition coefficient (Wildman–Crippen LogP) is 4.66. The molecule has 0 aliphatic heterocycles. The lowest BCUT2D eigenvalue weighted by molar-refractivity contribution is 0.0294. The van der Waals surface area contributed by atoms with E-state index in [0.717, 1.165) is 0 Å². The standard InChI is InChI=1S/C13H16O5.C13H18/c1-9(15)8-18-13(17)11-5-3-2-4-10(11)12(16)6-7-14;1-7-13-11(5)9(3)8(2)10(4)12(13)6/h2-5,9,14-15H,6-8H2,1H3;7H,1H2,2-6H3. The number of carbonyl (C=O) groups is 2. The lowest BCUT2D eigenvalue weighted by atomic mass is 9.90. The largest absolute Gasteiger partial charge is 0.459 e. The molecule has 2 rings (SSSR count). The molecule has 5 heteroatoms. The van der Waals surface area contributed by atoms with Gasteiger partial charge < -0.3 is 14.9 Å². The summed E-state index contributed by atoms with van der Waals surface area (Å²) in [7, 11) is 0. The van der Waals surface area contributed by atoms with Crippen LogP contribution in [0.5, 0.6) is 0 Å². The fourth-order valence-electron chi connectivity index (χ4n) is 3.25. The second kappa shape index (κ2) is 12.2. The Morgan fingerprint density at radius 2 is 1.45 bits per heavy atom. The molecule has 0 fully saturated rings. The van der Waals surface area contributed by atoms with Crippen molar-refractivity contribution in [2.45, 2.75) is 54.1 Å². The summed E-state index contributed by atoms with van der Waals surface area (Å²) in [6.07, 6.45) is 1.17. The summed E-state index contributed by atoms with van der Waals surface area (Å²) in [5, 5.41) is 17.8. The fraction of sp³-hybridized carbons (Fsp3) is 0.385. The SMILES string of the molecule is C=Cc1c(C)c(C)c(C)c(C)c1C.CC(O)COC(=O)c1ccccc1C(=O)CCO. The number of ether oxygens (including phenoxy) is 1. The first-order chi connectivity index (χ1) is 14.6. The average molecular weight is 427 g/mol. The monoisotopic (exact) mass is 426 g/mol. The molecule has 2 aromatic rings. The highest BCUT2D eigenvalue weighted by molar-refractivity contribution is 6.06. The maximum Gasteiger partial charge on any atom is 0.338 e. The molecule has 0 aromatic heterocycles. The van der Waals surface area contributed by atoms with Crippen LogP contribution in [0.3, 0.4) is 0 Å². The summed E-state index contributed by atoms with van der Waals surface area (Å²) in [6, 6.07) is 6.25. The molecule has 2 aromatic carbocycles. The van der Waals surface area contributed by atoms with Crippen LogP contribution in [0.15, 0.2) is 30.8 Å². The Morgan fingerprint density at radius 3 is 1.90 bits per heavy atom. The molecule has 0 heterocycles.